The highest BCUT2D eigenvalue weighted by Crippen LogP contribution is 2.15. The monoisotopic (exact) mass is 392 g/mol. The van der Waals surface area contributed by atoms with Crippen molar-refractivity contribution in [2.75, 3.05) is 31.5 Å². The molecule has 2 amide bonds. The van der Waals surface area contributed by atoms with Crippen LogP contribution in [0.15, 0.2) is 29.3 Å². The highest BCUT2D eigenvalue weighted by Gasteiger charge is 2.16. The van der Waals surface area contributed by atoms with E-state index >= 15 is 0 Å². The van der Waals surface area contributed by atoms with Crippen molar-refractivity contribution in [2.45, 2.75) is 58.3 Å². The summed E-state index contributed by atoms with van der Waals surface area (Å²) in [6.45, 7) is 5.49. The van der Waals surface area contributed by atoms with Crippen molar-refractivity contribution in [3.63, 3.8) is 0 Å². The fourth-order valence-electron chi connectivity index (χ4n) is 3.29. The van der Waals surface area contributed by atoms with Gasteiger partial charge in [0.05, 0.1) is 12.4 Å². The molecule has 0 saturated heterocycles. The maximum Gasteiger partial charge on any atom is 0.319 e. The van der Waals surface area contributed by atoms with Crippen molar-refractivity contribution < 1.29 is 4.79 Å². The molecule has 5 nitrogen and oxygen atoms in total. The van der Waals surface area contributed by atoms with Gasteiger partial charge >= 0.3 is 6.03 Å². The number of benzene rings is 1. The molecule has 2 rings (SSSR count). The Morgan fingerprint density at radius 2 is 1.96 bits per heavy atom. The van der Waals surface area contributed by atoms with Gasteiger partial charge in [0.25, 0.3) is 0 Å². The predicted octanol–water partition coefficient (Wildman–Crippen LogP) is 5.32. The topological polar surface area (TPSA) is 56.7 Å². The van der Waals surface area contributed by atoms with Crippen molar-refractivity contribution in [1.29, 1.82) is 0 Å². The fourth-order valence-corrected chi connectivity index (χ4v) is 3.48. The Morgan fingerprint density at radius 1 is 1.19 bits per heavy atom. The van der Waals surface area contributed by atoms with Gasteiger partial charge in [-0.15, -0.1) is 0 Å². The van der Waals surface area contributed by atoms with Gasteiger partial charge < -0.3 is 15.5 Å². The van der Waals surface area contributed by atoms with Gasteiger partial charge in [0.1, 0.15) is 0 Å². The number of carbonyl (C=O) groups excluding carboxylic acids is 1. The third kappa shape index (κ3) is 8.65. The molecule has 1 aliphatic heterocycles. The zero-order valence-corrected chi connectivity index (χ0v) is 17.2. The summed E-state index contributed by atoms with van der Waals surface area (Å²) in [4.78, 5) is 18.9. The number of rotatable bonds is 12. The quantitative estimate of drug-likeness (QED) is 0.473. The number of anilines is 1. The third-order valence-electron chi connectivity index (χ3n) is 4.78. The Bertz CT molecular complexity index is 606. The maximum atomic E-state index is 12.0. The van der Waals surface area contributed by atoms with Crippen LogP contribution in [0.25, 0.3) is 0 Å². The van der Waals surface area contributed by atoms with Crippen LogP contribution in [0.2, 0.25) is 5.02 Å². The van der Waals surface area contributed by atoms with Crippen LogP contribution in [0.3, 0.4) is 0 Å². The summed E-state index contributed by atoms with van der Waals surface area (Å²) in [5.41, 5.74) is 0.697. The van der Waals surface area contributed by atoms with Crippen LogP contribution >= 0.6 is 11.6 Å². The first-order valence-corrected chi connectivity index (χ1v) is 10.7. The summed E-state index contributed by atoms with van der Waals surface area (Å²) in [7, 11) is 0. The number of nitrogens with one attached hydrogen (secondary N) is 2. The van der Waals surface area contributed by atoms with Gasteiger partial charge in [-0.2, -0.15) is 0 Å². The number of hydrogen-bond donors (Lipinski definition) is 2. The number of aliphatic imine (C=N–C) groups is 1. The molecule has 0 spiro atoms. The first-order chi connectivity index (χ1) is 13.2. The van der Waals surface area contributed by atoms with E-state index in [2.05, 4.69) is 27.4 Å². The molecule has 2 N–H and O–H groups in total. The second-order valence-electron chi connectivity index (χ2n) is 7.05. The zero-order valence-electron chi connectivity index (χ0n) is 16.5. The van der Waals surface area contributed by atoms with Gasteiger partial charge in [0.15, 0.2) is 0 Å². The molecule has 0 atom stereocenters. The molecular weight excluding hydrogens is 360 g/mol. The average molecular weight is 393 g/mol. The molecule has 0 radical (unpaired) electrons. The Balaban J connectivity index is 1.58. The Morgan fingerprint density at radius 3 is 2.74 bits per heavy atom. The van der Waals surface area contributed by atoms with E-state index in [-0.39, 0.29) is 6.03 Å². The summed E-state index contributed by atoms with van der Waals surface area (Å²) < 4.78 is 0. The summed E-state index contributed by atoms with van der Waals surface area (Å²) in [6.07, 6.45) is 10.3. The Kier molecular flexibility index (Phi) is 10.1. The molecule has 0 bridgehead atoms. The SMILES string of the molecule is CCCCCCCCCC1=NCCN1CCNC(=O)Nc1cccc(Cl)c1. The molecule has 6 heteroatoms. The lowest BCUT2D eigenvalue weighted by Crippen LogP contribution is -2.38. The molecule has 0 saturated carbocycles. The number of hydrogen-bond acceptors (Lipinski definition) is 3. The molecule has 1 aromatic carbocycles. The van der Waals surface area contributed by atoms with Crippen molar-refractivity contribution in [3.05, 3.63) is 29.3 Å². The van der Waals surface area contributed by atoms with Crippen LogP contribution in [-0.4, -0.2) is 42.9 Å². The zero-order chi connectivity index (χ0) is 19.3. The van der Waals surface area contributed by atoms with Gasteiger partial charge in [-0.05, 0) is 24.6 Å². The van der Waals surface area contributed by atoms with Gasteiger partial charge in [-0.25, -0.2) is 4.79 Å². The van der Waals surface area contributed by atoms with E-state index in [1.807, 2.05) is 12.1 Å². The number of urea groups is 1. The van der Waals surface area contributed by atoms with Crippen LogP contribution in [0.4, 0.5) is 10.5 Å². The second kappa shape index (κ2) is 12.6. The molecule has 0 aromatic heterocycles. The molecule has 0 fully saturated rings. The molecule has 1 heterocycles. The molecule has 1 aliphatic rings. The lowest BCUT2D eigenvalue weighted by molar-refractivity contribution is 0.251. The molecule has 1 aromatic rings. The minimum Gasteiger partial charge on any atom is -0.357 e. The van der Waals surface area contributed by atoms with Crippen molar-refractivity contribution in [2.24, 2.45) is 4.99 Å². The normalized spacial score (nSPS) is 13.6. The first kappa shape index (κ1) is 21.5. The van der Waals surface area contributed by atoms with E-state index in [4.69, 9.17) is 11.6 Å². The first-order valence-electron chi connectivity index (χ1n) is 10.3. The van der Waals surface area contributed by atoms with Crippen molar-refractivity contribution >= 4 is 29.2 Å². The second-order valence-corrected chi connectivity index (χ2v) is 7.48. The van der Waals surface area contributed by atoms with Crippen molar-refractivity contribution in [3.8, 4) is 0 Å². The Labute approximate surface area is 168 Å². The summed E-state index contributed by atoms with van der Waals surface area (Å²) in [6, 6.07) is 6.94. The molecule has 150 valence electrons. The van der Waals surface area contributed by atoms with Gasteiger partial charge in [0.2, 0.25) is 0 Å². The highest BCUT2D eigenvalue weighted by molar-refractivity contribution is 6.30. The fraction of sp³-hybridized carbons (Fsp3) is 0.619. The smallest absolute Gasteiger partial charge is 0.319 e. The minimum absolute atomic E-state index is 0.206. The predicted molar refractivity (Wildman–Crippen MR) is 115 cm³/mol. The van der Waals surface area contributed by atoms with Gasteiger partial charge in [0, 0.05) is 36.8 Å². The summed E-state index contributed by atoms with van der Waals surface area (Å²) in [5.74, 6) is 1.21. The van der Waals surface area contributed by atoms with Crippen LogP contribution in [0.5, 0.6) is 0 Å². The van der Waals surface area contributed by atoms with E-state index in [0.29, 0.717) is 17.3 Å². The number of nitrogens with zero attached hydrogens (tertiary/aromatic N) is 2. The standard InChI is InChI=1S/C21H33ClN4O/c1-2-3-4-5-6-7-8-12-20-23-13-15-26(20)16-14-24-21(27)25-19-11-9-10-18(22)17-19/h9-11,17H,2-8,12-16H2,1H3,(H2,24,25,27). The average Bonchev–Trinajstić information content (AvgIpc) is 3.08. The van der Waals surface area contributed by atoms with Crippen LogP contribution in [-0.2, 0) is 0 Å². The largest absolute Gasteiger partial charge is 0.357 e. The summed E-state index contributed by atoms with van der Waals surface area (Å²) >= 11 is 5.93. The number of amides is 2. The minimum atomic E-state index is -0.206. The van der Waals surface area contributed by atoms with Crippen LogP contribution in [0.1, 0.15) is 58.3 Å². The van der Waals surface area contributed by atoms with E-state index in [1.165, 1.54) is 50.8 Å². The number of carbonyl (C=O) groups is 1. The summed E-state index contributed by atoms with van der Waals surface area (Å²) in [5, 5.41) is 6.31. The number of halogens is 1. The molecular formula is C21H33ClN4O. The number of amidine groups is 1. The highest BCUT2D eigenvalue weighted by atomic mass is 35.5. The van der Waals surface area contributed by atoms with E-state index in [1.54, 1.807) is 12.1 Å². The lowest BCUT2D eigenvalue weighted by Gasteiger charge is -2.20. The van der Waals surface area contributed by atoms with E-state index in [9.17, 15) is 4.79 Å². The maximum absolute atomic E-state index is 12.0. The van der Waals surface area contributed by atoms with E-state index in [0.717, 1.165) is 26.1 Å². The molecule has 27 heavy (non-hydrogen) atoms. The Hall–Kier alpha value is -1.75. The van der Waals surface area contributed by atoms with E-state index < -0.39 is 0 Å². The third-order valence-corrected chi connectivity index (χ3v) is 5.02. The molecule has 0 unspecified atom stereocenters. The van der Waals surface area contributed by atoms with Crippen LogP contribution in [0, 0.1) is 0 Å². The lowest BCUT2D eigenvalue weighted by atomic mass is 10.1. The van der Waals surface area contributed by atoms with Crippen LogP contribution < -0.4 is 10.6 Å². The van der Waals surface area contributed by atoms with Gasteiger partial charge in [-0.3, -0.25) is 4.99 Å². The molecule has 0 aliphatic carbocycles. The van der Waals surface area contributed by atoms with Crippen molar-refractivity contribution in [1.82, 2.24) is 10.2 Å². The van der Waals surface area contributed by atoms with Gasteiger partial charge in [-0.1, -0.05) is 63.1 Å². The number of unbranched alkanes of at least 4 members (excludes halogenated alkanes) is 6.